The van der Waals surface area contributed by atoms with Gasteiger partial charge in [-0.2, -0.15) is 0 Å². The normalized spacial score (nSPS) is 19.5. The largest absolute Gasteiger partial charge is 0.354 e. The molecule has 1 unspecified atom stereocenters. The molecular weight excluding hydrogens is 400 g/mol. The molecule has 6 nitrogen and oxygen atoms in total. The number of amides is 2. The van der Waals surface area contributed by atoms with Crippen LogP contribution in [-0.4, -0.2) is 46.8 Å². The van der Waals surface area contributed by atoms with Gasteiger partial charge >= 0.3 is 0 Å². The van der Waals surface area contributed by atoms with E-state index in [1.54, 1.807) is 13.1 Å². The van der Waals surface area contributed by atoms with Gasteiger partial charge in [0.2, 0.25) is 5.91 Å². The third kappa shape index (κ3) is 4.54. The Kier molecular flexibility index (Phi) is 6.58. The van der Waals surface area contributed by atoms with Crippen LogP contribution >= 0.6 is 0 Å². The minimum Gasteiger partial charge on any atom is -0.354 e. The van der Waals surface area contributed by atoms with Crippen LogP contribution in [0, 0.1) is 12.8 Å². The van der Waals surface area contributed by atoms with Gasteiger partial charge in [-0.15, -0.1) is 0 Å². The maximum atomic E-state index is 13.7. The highest BCUT2D eigenvalue weighted by Gasteiger charge is 2.40. The zero-order chi connectivity index (χ0) is 22.7. The molecule has 0 bridgehead atoms. The fourth-order valence-electron chi connectivity index (χ4n) is 5.29. The number of likely N-dealkylation sites (tertiary alicyclic amines) is 1. The van der Waals surface area contributed by atoms with Gasteiger partial charge in [-0.05, 0) is 50.2 Å². The van der Waals surface area contributed by atoms with Crippen molar-refractivity contribution >= 4 is 11.8 Å². The first-order valence-electron chi connectivity index (χ1n) is 11.8. The summed E-state index contributed by atoms with van der Waals surface area (Å²) in [5.41, 5.74) is 2.09. The van der Waals surface area contributed by atoms with E-state index in [9.17, 15) is 9.59 Å². The van der Waals surface area contributed by atoms with Crippen LogP contribution in [0.25, 0.3) is 0 Å². The van der Waals surface area contributed by atoms with Crippen molar-refractivity contribution in [2.75, 3.05) is 20.1 Å². The SMILES string of the molecule is CNC(=O)c1cc(C)nc(C2(C)CCN(C(=O)C(c3ccccc3)C3CCCC3)CC2)n1. The van der Waals surface area contributed by atoms with Crippen molar-refractivity contribution in [2.24, 2.45) is 5.92 Å². The lowest BCUT2D eigenvalue weighted by atomic mass is 9.78. The molecule has 1 aromatic heterocycles. The monoisotopic (exact) mass is 434 g/mol. The minimum atomic E-state index is -0.249. The molecule has 170 valence electrons. The summed E-state index contributed by atoms with van der Waals surface area (Å²) in [6.07, 6.45) is 6.30. The molecule has 1 atom stereocenters. The summed E-state index contributed by atoms with van der Waals surface area (Å²) in [5, 5.41) is 2.65. The molecule has 2 aliphatic rings. The standard InChI is InChI=1S/C26H34N4O2/c1-18-17-21(23(31)27-3)29-25(28-18)26(2)13-15-30(16-14-26)24(32)22(20-11-7-8-12-20)19-9-5-4-6-10-19/h4-6,9-10,17,20,22H,7-8,11-16H2,1-3H3,(H,27,31). The predicted octanol–water partition coefficient (Wildman–Crippen LogP) is 4.00. The topological polar surface area (TPSA) is 75.2 Å². The number of hydrogen-bond acceptors (Lipinski definition) is 4. The summed E-state index contributed by atoms with van der Waals surface area (Å²) < 4.78 is 0. The van der Waals surface area contributed by atoms with E-state index < -0.39 is 0 Å². The molecule has 0 radical (unpaired) electrons. The number of rotatable bonds is 5. The average molecular weight is 435 g/mol. The zero-order valence-corrected chi connectivity index (χ0v) is 19.4. The molecule has 1 aliphatic carbocycles. The Balaban J connectivity index is 1.51. The predicted molar refractivity (Wildman–Crippen MR) is 124 cm³/mol. The zero-order valence-electron chi connectivity index (χ0n) is 19.4. The van der Waals surface area contributed by atoms with Crippen LogP contribution in [0.5, 0.6) is 0 Å². The van der Waals surface area contributed by atoms with Gasteiger partial charge in [0.15, 0.2) is 0 Å². The molecule has 2 heterocycles. The number of piperidine rings is 1. The molecule has 2 amide bonds. The Hall–Kier alpha value is -2.76. The molecule has 4 rings (SSSR count). The van der Waals surface area contributed by atoms with Gasteiger partial charge in [0, 0.05) is 31.2 Å². The van der Waals surface area contributed by atoms with E-state index in [2.05, 4.69) is 34.3 Å². The number of nitrogens with zero attached hydrogens (tertiary/aromatic N) is 3. The molecule has 2 aromatic rings. The molecule has 1 aliphatic heterocycles. The number of carbonyl (C=O) groups excluding carboxylic acids is 2. The number of benzene rings is 1. The lowest BCUT2D eigenvalue weighted by Gasteiger charge is -2.40. The van der Waals surface area contributed by atoms with Crippen LogP contribution in [0.3, 0.4) is 0 Å². The Morgan fingerprint density at radius 3 is 2.38 bits per heavy atom. The van der Waals surface area contributed by atoms with E-state index in [-0.39, 0.29) is 23.1 Å². The molecule has 0 spiro atoms. The van der Waals surface area contributed by atoms with Gasteiger partial charge in [0.05, 0.1) is 5.92 Å². The van der Waals surface area contributed by atoms with Crippen molar-refractivity contribution in [3.8, 4) is 0 Å². The fraction of sp³-hybridized carbons (Fsp3) is 0.538. The first-order valence-corrected chi connectivity index (χ1v) is 11.8. The highest BCUT2D eigenvalue weighted by molar-refractivity contribution is 5.92. The second-order valence-corrected chi connectivity index (χ2v) is 9.62. The Labute approximate surface area is 190 Å². The Bertz CT molecular complexity index is 961. The molecule has 1 saturated heterocycles. The van der Waals surface area contributed by atoms with Gasteiger partial charge < -0.3 is 10.2 Å². The highest BCUT2D eigenvalue weighted by atomic mass is 16.2. The van der Waals surface area contributed by atoms with E-state index >= 15 is 0 Å². The second-order valence-electron chi connectivity index (χ2n) is 9.62. The third-order valence-electron chi connectivity index (χ3n) is 7.33. The Morgan fingerprint density at radius 1 is 1.09 bits per heavy atom. The van der Waals surface area contributed by atoms with Crippen molar-refractivity contribution in [1.29, 1.82) is 0 Å². The van der Waals surface area contributed by atoms with Gasteiger partial charge in [0.25, 0.3) is 5.91 Å². The van der Waals surface area contributed by atoms with Crippen LogP contribution < -0.4 is 5.32 Å². The quantitative estimate of drug-likeness (QED) is 0.772. The van der Waals surface area contributed by atoms with Crippen LogP contribution in [0.1, 0.15) is 78.9 Å². The first kappa shape index (κ1) is 22.4. The summed E-state index contributed by atoms with van der Waals surface area (Å²) in [6.45, 7) is 5.44. The second kappa shape index (κ2) is 9.39. The van der Waals surface area contributed by atoms with Crippen molar-refractivity contribution in [1.82, 2.24) is 20.2 Å². The van der Waals surface area contributed by atoms with Crippen molar-refractivity contribution in [2.45, 2.75) is 63.7 Å². The molecule has 1 aromatic carbocycles. The van der Waals surface area contributed by atoms with E-state index in [0.29, 0.717) is 30.5 Å². The lowest BCUT2D eigenvalue weighted by molar-refractivity contribution is -0.135. The van der Waals surface area contributed by atoms with Crippen LogP contribution in [-0.2, 0) is 10.2 Å². The Morgan fingerprint density at radius 2 is 1.75 bits per heavy atom. The molecule has 1 N–H and O–H groups in total. The van der Waals surface area contributed by atoms with E-state index in [0.717, 1.165) is 36.9 Å². The van der Waals surface area contributed by atoms with Crippen molar-refractivity contribution in [3.63, 3.8) is 0 Å². The van der Waals surface area contributed by atoms with E-state index in [1.807, 2.05) is 30.0 Å². The number of nitrogens with one attached hydrogen (secondary N) is 1. The average Bonchev–Trinajstić information content (AvgIpc) is 3.33. The minimum absolute atomic E-state index is 0.0434. The maximum absolute atomic E-state index is 13.7. The maximum Gasteiger partial charge on any atom is 0.269 e. The van der Waals surface area contributed by atoms with Crippen molar-refractivity contribution in [3.05, 3.63) is 59.2 Å². The van der Waals surface area contributed by atoms with Crippen LogP contribution in [0.2, 0.25) is 0 Å². The summed E-state index contributed by atoms with van der Waals surface area (Å²) in [6, 6.07) is 12.0. The summed E-state index contributed by atoms with van der Waals surface area (Å²) in [4.78, 5) is 37.1. The first-order chi connectivity index (χ1) is 15.4. The number of aryl methyl sites for hydroxylation is 1. The molecule has 1 saturated carbocycles. The lowest BCUT2D eigenvalue weighted by Crippen LogP contribution is -2.47. The van der Waals surface area contributed by atoms with Gasteiger partial charge in [-0.3, -0.25) is 9.59 Å². The van der Waals surface area contributed by atoms with Crippen molar-refractivity contribution < 1.29 is 9.59 Å². The highest BCUT2D eigenvalue weighted by Crippen LogP contribution is 2.40. The third-order valence-corrected chi connectivity index (χ3v) is 7.33. The number of hydrogen-bond donors (Lipinski definition) is 1. The fourth-order valence-corrected chi connectivity index (χ4v) is 5.29. The summed E-state index contributed by atoms with van der Waals surface area (Å²) in [7, 11) is 1.61. The van der Waals surface area contributed by atoms with Gasteiger partial charge in [-0.1, -0.05) is 50.1 Å². The molecule has 32 heavy (non-hydrogen) atoms. The van der Waals surface area contributed by atoms with Gasteiger partial charge in [0.1, 0.15) is 11.5 Å². The smallest absolute Gasteiger partial charge is 0.269 e. The molecule has 6 heteroatoms. The summed E-state index contributed by atoms with van der Waals surface area (Å²) >= 11 is 0. The number of aromatic nitrogens is 2. The van der Waals surface area contributed by atoms with E-state index in [1.165, 1.54) is 12.8 Å². The molecule has 2 fully saturated rings. The van der Waals surface area contributed by atoms with Crippen LogP contribution in [0.15, 0.2) is 36.4 Å². The molecular formula is C26H34N4O2. The van der Waals surface area contributed by atoms with Crippen LogP contribution in [0.4, 0.5) is 0 Å². The summed E-state index contributed by atoms with van der Waals surface area (Å²) in [5.74, 6) is 1.17. The number of carbonyl (C=O) groups is 2. The van der Waals surface area contributed by atoms with E-state index in [4.69, 9.17) is 0 Å². The van der Waals surface area contributed by atoms with Gasteiger partial charge in [-0.25, -0.2) is 9.97 Å².